The fourth-order valence-electron chi connectivity index (χ4n) is 3.03. The van der Waals surface area contributed by atoms with E-state index < -0.39 is 6.29 Å². The largest absolute Gasteiger partial charge is 0.586 e. The zero-order valence-electron chi connectivity index (χ0n) is 14.8. The van der Waals surface area contributed by atoms with E-state index in [0.717, 1.165) is 5.56 Å². The summed E-state index contributed by atoms with van der Waals surface area (Å²) in [6, 6.07) is 9.48. The van der Waals surface area contributed by atoms with E-state index in [1.807, 2.05) is 0 Å². The van der Waals surface area contributed by atoms with Gasteiger partial charge in [0, 0.05) is 22.9 Å². The first-order valence-electron chi connectivity index (χ1n) is 8.29. The van der Waals surface area contributed by atoms with E-state index in [4.69, 9.17) is 16.0 Å². The molecule has 8 heteroatoms. The molecule has 0 spiro atoms. The predicted octanol–water partition coefficient (Wildman–Crippen LogP) is 5.79. The van der Waals surface area contributed by atoms with Crippen molar-refractivity contribution in [1.82, 2.24) is 0 Å². The minimum absolute atomic E-state index is 0.0901. The molecule has 0 fully saturated rings. The minimum Gasteiger partial charge on any atom is -0.469 e. The summed E-state index contributed by atoms with van der Waals surface area (Å²) < 4.78 is 40.5. The molecule has 1 aliphatic rings. The van der Waals surface area contributed by atoms with Crippen molar-refractivity contribution in [3.05, 3.63) is 64.6 Å². The summed E-state index contributed by atoms with van der Waals surface area (Å²) in [5, 5.41) is 3.03. The molecular formula is C20H14ClF2NO4. The number of benzene rings is 2. The smallest absolute Gasteiger partial charge is 0.469 e. The molecule has 0 saturated carbocycles. The second-order valence-electron chi connectivity index (χ2n) is 6.33. The van der Waals surface area contributed by atoms with Crippen LogP contribution in [-0.2, 0) is 0 Å². The molecular weight excluding hydrogens is 392 g/mol. The van der Waals surface area contributed by atoms with E-state index in [1.54, 1.807) is 38.1 Å². The van der Waals surface area contributed by atoms with Gasteiger partial charge in [-0.1, -0.05) is 23.7 Å². The zero-order valence-corrected chi connectivity index (χ0v) is 15.6. The molecule has 1 aliphatic heterocycles. The van der Waals surface area contributed by atoms with Crippen molar-refractivity contribution in [1.29, 1.82) is 0 Å². The highest BCUT2D eigenvalue weighted by atomic mass is 35.5. The molecule has 0 unspecified atom stereocenters. The number of hydrogen-bond donors (Lipinski definition) is 1. The number of furan rings is 1. The Morgan fingerprint density at radius 3 is 2.32 bits per heavy atom. The van der Waals surface area contributed by atoms with Crippen molar-refractivity contribution in [3.8, 4) is 22.6 Å². The third-order valence-corrected chi connectivity index (χ3v) is 4.64. The van der Waals surface area contributed by atoms with E-state index in [-0.39, 0.29) is 22.4 Å². The first-order valence-corrected chi connectivity index (χ1v) is 8.67. The van der Waals surface area contributed by atoms with Gasteiger partial charge < -0.3 is 19.2 Å². The number of halogens is 3. The summed E-state index contributed by atoms with van der Waals surface area (Å²) in [6.45, 7) is 3.51. The Morgan fingerprint density at radius 2 is 1.71 bits per heavy atom. The molecule has 2 heterocycles. The molecule has 1 amide bonds. The fraction of sp³-hybridized carbons (Fsp3) is 0.150. The number of fused-ring (bicyclic) bond motifs is 1. The van der Waals surface area contributed by atoms with Gasteiger partial charge in [0.25, 0.3) is 5.91 Å². The molecule has 0 bridgehead atoms. The van der Waals surface area contributed by atoms with Crippen molar-refractivity contribution < 1.29 is 27.5 Å². The Balaban J connectivity index is 1.57. The van der Waals surface area contributed by atoms with E-state index >= 15 is 0 Å². The van der Waals surface area contributed by atoms with Gasteiger partial charge in [-0.25, -0.2) is 0 Å². The number of ether oxygens (including phenoxy) is 2. The fourth-order valence-corrected chi connectivity index (χ4v) is 3.29. The highest BCUT2D eigenvalue weighted by Gasteiger charge is 2.43. The summed E-state index contributed by atoms with van der Waals surface area (Å²) in [5.41, 5.74) is 2.97. The average molecular weight is 406 g/mol. The van der Waals surface area contributed by atoms with E-state index in [2.05, 4.69) is 14.8 Å². The maximum Gasteiger partial charge on any atom is 0.586 e. The van der Waals surface area contributed by atoms with Crippen molar-refractivity contribution >= 4 is 23.2 Å². The average Bonchev–Trinajstić information content (AvgIpc) is 3.11. The van der Waals surface area contributed by atoms with Gasteiger partial charge in [-0.2, -0.15) is 0 Å². The van der Waals surface area contributed by atoms with Crippen LogP contribution in [0, 0.1) is 13.8 Å². The lowest BCUT2D eigenvalue weighted by Crippen LogP contribution is -2.25. The number of aryl methyl sites for hydroxylation is 2. The molecule has 0 aliphatic carbocycles. The molecule has 3 aromatic rings. The van der Waals surface area contributed by atoms with Crippen LogP contribution in [0.2, 0.25) is 5.02 Å². The number of anilines is 1. The first-order chi connectivity index (χ1) is 13.2. The highest BCUT2D eigenvalue weighted by Crippen LogP contribution is 2.46. The number of carbonyl (C=O) groups excluding carboxylic acids is 1. The van der Waals surface area contributed by atoms with E-state index in [1.165, 1.54) is 18.4 Å². The number of carbonyl (C=O) groups is 1. The van der Waals surface area contributed by atoms with Crippen LogP contribution in [0.3, 0.4) is 0 Å². The van der Waals surface area contributed by atoms with Gasteiger partial charge in [-0.05, 0) is 37.6 Å². The van der Waals surface area contributed by atoms with Crippen molar-refractivity contribution in [2.45, 2.75) is 20.1 Å². The van der Waals surface area contributed by atoms with Gasteiger partial charge in [-0.3, -0.25) is 4.79 Å². The monoisotopic (exact) mass is 405 g/mol. The van der Waals surface area contributed by atoms with Gasteiger partial charge in [-0.15, -0.1) is 8.78 Å². The van der Waals surface area contributed by atoms with Gasteiger partial charge in [0.2, 0.25) is 0 Å². The molecule has 0 radical (unpaired) electrons. The van der Waals surface area contributed by atoms with E-state index in [9.17, 15) is 13.6 Å². The third kappa shape index (κ3) is 3.29. The Kier molecular flexibility index (Phi) is 4.27. The number of rotatable bonds is 3. The topological polar surface area (TPSA) is 60.7 Å². The van der Waals surface area contributed by atoms with Crippen LogP contribution in [0.1, 0.15) is 21.7 Å². The first kappa shape index (κ1) is 18.3. The van der Waals surface area contributed by atoms with Crippen LogP contribution in [0.4, 0.5) is 14.5 Å². The maximum absolute atomic E-state index is 13.2. The molecule has 0 atom stereocenters. The van der Waals surface area contributed by atoms with Crippen LogP contribution >= 0.6 is 11.6 Å². The van der Waals surface area contributed by atoms with Gasteiger partial charge in [0.05, 0.1) is 16.8 Å². The van der Waals surface area contributed by atoms with Crippen LogP contribution < -0.4 is 14.8 Å². The Hall–Kier alpha value is -3.06. The summed E-state index contributed by atoms with van der Waals surface area (Å²) in [5.74, 6) is 0.0524. The third-order valence-electron chi connectivity index (χ3n) is 4.33. The number of hydrogen-bond acceptors (Lipinski definition) is 4. The van der Waals surface area contributed by atoms with Crippen LogP contribution in [0.5, 0.6) is 11.5 Å². The van der Waals surface area contributed by atoms with Gasteiger partial charge in [0.1, 0.15) is 5.76 Å². The second-order valence-corrected chi connectivity index (χ2v) is 6.73. The van der Waals surface area contributed by atoms with E-state index in [0.29, 0.717) is 28.1 Å². The molecule has 28 heavy (non-hydrogen) atoms. The Morgan fingerprint density at radius 1 is 1.07 bits per heavy atom. The highest BCUT2D eigenvalue weighted by molar-refractivity contribution is 6.33. The lowest BCUT2D eigenvalue weighted by Gasteiger charge is -2.09. The van der Waals surface area contributed by atoms with Crippen LogP contribution in [0.25, 0.3) is 11.1 Å². The second kappa shape index (κ2) is 6.53. The number of amides is 1. The molecule has 1 aromatic heterocycles. The molecule has 5 nitrogen and oxygen atoms in total. The molecule has 0 saturated heterocycles. The predicted molar refractivity (Wildman–Crippen MR) is 99.2 cm³/mol. The van der Waals surface area contributed by atoms with Crippen LogP contribution in [0.15, 0.2) is 47.1 Å². The lowest BCUT2D eigenvalue weighted by atomic mass is 10.0. The SMILES string of the molecule is Cc1coc(C)c1C(=O)Nc1ccc(-c2cc3c(cc2Cl)OC(F)(F)O3)cc1. The summed E-state index contributed by atoms with van der Waals surface area (Å²) in [4.78, 5) is 12.4. The molecule has 1 N–H and O–H groups in total. The van der Waals surface area contributed by atoms with Crippen LogP contribution in [-0.4, -0.2) is 12.2 Å². The summed E-state index contributed by atoms with van der Waals surface area (Å²) in [7, 11) is 0. The number of alkyl halides is 2. The van der Waals surface area contributed by atoms with Crippen molar-refractivity contribution in [2.24, 2.45) is 0 Å². The standard InChI is InChI=1S/C20H14ClF2NO4/c1-10-9-26-11(2)18(10)19(25)24-13-5-3-12(4-6-13)14-7-16-17(8-15(14)21)28-20(22,23)27-16/h3-9H,1-2H3,(H,24,25). The lowest BCUT2D eigenvalue weighted by molar-refractivity contribution is -0.286. The normalized spacial score (nSPS) is 14.2. The van der Waals surface area contributed by atoms with Gasteiger partial charge in [0.15, 0.2) is 11.5 Å². The van der Waals surface area contributed by atoms with Crippen molar-refractivity contribution in [3.63, 3.8) is 0 Å². The minimum atomic E-state index is -3.71. The quantitative estimate of drug-likeness (QED) is 0.599. The maximum atomic E-state index is 13.2. The summed E-state index contributed by atoms with van der Waals surface area (Å²) in [6.07, 6.45) is -2.18. The molecule has 4 rings (SSSR count). The Bertz CT molecular complexity index is 1060. The van der Waals surface area contributed by atoms with Gasteiger partial charge >= 0.3 is 6.29 Å². The Labute approximate surface area is 163 Å². The zero-order chi connectivity index (χ0) is 20.1. The summed E-state index contributed by atoms with van der Waals surface area (Å²) >= 11 is 6.20. The molecule has 2 aromatic carbocycles. The molecule has 144 valence electrons. The number of nitrogens with one attached hydrogen (secondary N) is 1. The van der Waals surface area contributed by atoms with Crippen molar-refractivity contribution in [2.75, 3.05) is 5.32 Å².